The zero-order valence-corrected chi connectivity index (χ0v) is 16.9. The van der Waals surface area contributed by atoms with Gasteiger partial charge in [-0.1, -0.05) is 18.2 Å². The quantitative estimate of drug-likeness (QED) is 0.615. The topological polar surface area (TPSA) is 51.9 Å². The predicted octanol–water partition coefficient (Wildman–Crippen LogP) is 4.52. The first-order chi connectivity index (χ1) is 14.1. The van der Waals surface area contributed by atoms with Crippen LogP contribution in [-0.2, 0) is 6.54 Å². The number of likely N-dealkylation sites (tertiary alicyclic amines) is 1. The molecule has 3 aromatic rings. The lowest BCUT2D eigenvalue weighted by Gasteiger charge is -2.27. The minimum atomic E-state index is -0.281. The van der Waals surface area contributed by atoms with Crippen molar-refractivity contribution in [3.8, 4) is 11.5 Å². The minimum Gasteiger partial charge on any atom is -0.486 e. The van der Waals surface area contributed by atoms with Crippen LogP contribution in [0, 0.1) is 13.8 Å². The Balaban J connectivity index is 1.49. The first kappa shape index (κ1) is 18.3. The Hall–Kier alpha value is -2.79. The molecular formula is C24H25NO4. The summed E-state index contributed by atoms with van der Waals surface area (Å²) in [5.41, 5.74) is 4.87. The summed E-state index contributed by atoms with van der Waals surface area (Å²) in [4.78, 5) is 14.7. The largest absolute Gasteiger partial charge is 0.486 e. The van der Waals surface area contributed by atoms with Crippen LogP contribution < -0.4 is 15.1 Å². The minimum absolute atomic E-state index is 0.281. The second kappa shape index (κ2) is 7.23. The van der Waals surface area contributed by atoms with Crippen LogP contribution in [-0.4, -0.2) is 24.7 Å². The Labute approximate surface area is 169 Å². The molecule has 0 spiro atoms. The van der Waals surface area contributed by atoms with E-state index in [4.69, 9.17) is 13.9 Å². The third kappa shape index (κ3) is 3.29. The summed E-state index contributed by atoms with van der Waals surface area (Å²) in [5.74, 6) is 1.65. The second-order valence-electron chi connectivity index (χ2n) is 8.01. The van der Waals surface area contributed by atoms with Crippen molar-refractivity contribution in [2.75, 3.05) is 19.8 Å². The van der Waals surface area contributed by atoms with Gasteiger partial charge in [-0.2, -0.15) is 0 Å². The van der Waals surface area contributed by atoms with E-state index in [-0.39, 0.29) is 5.63 Å². The van der Waals surface area contributed by atoms with Gasteiger partial charge in [-0.3, -0.25) is 4.90 Å². The monoisotopic (exact) mass is 391 g/mol. The molecule has 5 nitrogen and oxygen atoms in total. The number of hydrogen-bond acceptors (Lipinski definition) is 5. The summed E-state index contributed by atoms with van der Waals surface area (Å²) in [5, 5.41) is 1.03. The van der Waals surface area contributed by atoms with E-state index in [0.29, 0.717) is 24.8 Å². The molecule has 5 heteroatoms. The molecule has 29 heavy (non-hydrogen) atoms. The molecule has 2 aromatic carbocycles. The fraction of sp³-hybridized carbons (Fsp3) is 0.375. The molecule has 0 unspecified atom stereocenters. The molecule has 5 rings (SSSR count). The lowest BCUT2D eigenvalue weighted by Crippen LogP contribution is -2.24. The van der Waals surface area contributed by atoms with Crippen LogP contribution in [0.15, 0.2) is 45.6 Å². The van der Waals surface area contributed by atoms with Crippen LogP contribution in [0.3, 0.4) is 0 Å². The van der Waals surface area contributed by atoms with Gasteiger partial charge >= 0.3 is 5.63 Å². The van der Waals surface area contributed by atoms with Crippen molar-refractivity contribution in [2.24, 2.45) is 0 Å². The highest BCUT2D eigenvalue weighted by Gasteiger charge is 2.28. The molecule has 0 N–H and O–H groups in total. The first-order valence-corrected chi connectivity index (χ1v) is 10.3. The number of rotatable bonds is 3. The average molecular weight is 391 g/mol. The summed E-state index contributed by atoms with van der Waals surface area (Å²) in [7, 11) is 0. The molecule has 0 saturated carbocycles. The van der Waals surface area contributed by atoms with Crippen LogP contribution in [0.4, 0.5) is 0 Å². The smallest absolute Gasteiger partial charge is 0.336 e. The molecule has 1 fully saturated rings. The highest BCUT2D eigenvalue weighted by molar-refractivity contribution is 5.83. The van der Waals surface area contributed by atoms with Crippen LogP contribution in [0.25, 0.3) is 11.0 Å². The highest BCUT2D eigenvalue weighted by atomic mass is 16.6. The molecule has 0 bridgehead atoms. The molecular weight excluding hydrogens is 366 g/mol. The van der Waals surface area contributed by atoms with Crippen LogP contribution >= 0.6 is 0 Å². The SMILES string of the molecule is Cc1ccc2c(CN3CCC[C@H]3c3ccc4c(c3)OCCO4)cc(=O)oc2c1C. The normalized spacial score (nSPS) is 19.0. The summed E-state index contributed by atoms with van der Waals surface area (Å²) in [6.07, 6.45) is 2.23. The van der Waals surface area contributed by atoms with E-state index in [1.807, 2.05) is 19.9 Å². The fourth-order valence-electron chi connectivity index (χ4n) is 4.53. The number of nitrogens with zero attached hydrogens (tertiary/aromatic N) is 1. The molecule has 150 valence electrons. The highest BCUT2D eigenvalue weighted by Crippen LogP contribution is 2.39. The van der Waals surface area contributed by atoms with Crippen LogP contribution in [0.2, 0.25) is 0 Å². The maximum absolute atomic E-state index is 12.2. The Morgan fingerprint density at radius 1 is 1.03 bits per heavy atom. The maximum atomic E-state index is 12.2. The molecule has 3 heterocycles. The Morgan fingerprint density at radius 2 is 1.86 bits per heavy atom. The van der Waals surface area contributed by atoms with Gasteiger partial charge in [-0.05, 0) is 67.6 Å². The lowest BCUT2D eigenvalue weighted by molar-refractivity contribution is 0.170. The second-order valence-corrected chi connectivity index (χ2v) is 8.01. The van der Waals surface area contributed by atoms with Crippen molar-refractivity contribution in [3.63, 3.8) is 0 Å². The van der Waals surface area contributed by atoms with Gasteiger partial charge in [-0.15, -0.1) is 0 Å². The van der Waals surface area contributed by atoms with Crippen LogP contribution in [0.1, 0.15) is 41.1 Å². The number of aryl methyl sites for hydroxylation is 2. The predicted molar refractivity (Wildman–Crippen MR) is 112 cm³/mol. The number of hydrogen-bond donors (Lipinski definition) is 0. The summed E-state index contributed by atoms with van der Waals surface area (Å²) < 4.78 is 17.0. The molecule has 0 aliphatic carbocycles. The third-order valence-electron chi connectivity index (χ3n) is 6.21. The van der Waals surface area contributed by atoms with E-state index in [1.165, 1.54) is 5.56 Å². The molecule has 2 aliphatic heterocycles. The average Bonchev–Trinajstić information content (AvgIpc) is 3.19. The molecule has 1 atom stereocenters. The van der Waals surface area contributed by atoms with Gasteiger partial charge in [0.1, 0.15) is 18.8 Å². The zero-order chi connectivity index (χ0) is 20.0. The Kier molecular flexibility index (Phi) is 4.55. The van der Waals surface area contributed by atoms with E-state index in [0.717, 1.165) is 59.5 Å². The van der Waals surface area contributed by atoms with Gasteiger partial charge in [0.25, 0.3) is 0 Å². The Morgan fingerprint density at radius 3 is 2.72 bits per heavy atom. The van der Waals surface area contributed by atoms with Gasteiger partial charge < -0.3 is 13.9 Å². The van der Waals surface area contributed by atoms with Gasteiger partial charge in [0.05, 0.1) is 0 Å². The standard InChI is InChI=1S/C24H25NO4/c1-15-5-7-19-18(13-23(26)29-24(19)16(15)2)14-25-9-3-4-20(25)17-6-8-21-22(12-17)28-11-10-27-21/h5-8,12-13,20H,3-4,9-11,14H2,1-2H3/t20-/m0/s1. The zero-order valence-electron chi connectivity index (χ0n) is 16.9. The lowest BCUT2D eigenvalue weighted by atomic mass is 10.0. The van der Waals surface area contributed by atoms with Gasteiger partial charge in [-0.25, -0.2) is 4.79 Å². The molecule has 1 saturated heterocycles. The number of fused-ring (bicyclic) bond motifs is 2. The van der Waals surface area contributed by atoms with Crippen molar-refractivity contribution < 1.29 is 13.9 Å². The number of benzene rings is 2. The van der Waals surface area contributed by atoms with Gasteiger partial charge in [0.2, 0.25) is 0 Å². The van der Waals surface area contributed by atoms with E-state index in [9.17, 15) is 4.79 Å². The van der Waals surface area contributed by atoms with E-state index < -0.39 is 0 Å². The van der Waals surface area contributed by atoms with Gasteiger partial charge in [0, 0.05) is 24.0 Å². The van der Waals surface area contributed by atoms with Crippen LogP contribution in [0.5, 0.6) is 11.5 Å². The summed E-state index contributed by atoms with van der Waals surface area (Å²) in [6.45, 7) is 6.98. The van der Waals surface area contributed by atoms with Crippen molar-refractivity contribution >= 4 is 11.0 Å². The molecule has 1 aromatic heterocycles. The van der Waals surface area contributed by atoms with Crippen molar-refractivity contribution in [1.29, 1.82) is 0 Å². The van der Waals surface area contributed by atoms with E-state index in [1.54, 1.807) is 6.07 Å². The summed E-state index contributed by atoms with van der Waals surface area (Å²) in [6, 6.07) is 12.4. The van der Waals surface area contributed by atoms with Gasteiger partial charge in [0.15, 0.2) is 11.5 Å². The third-order valence-corrected chi connectivity index (χ3v) is 6.21. The van der Waals surface area contributed by atoms with Crippen molar-refractivity contribution in [1.82, 2.24) is 4.90 Å². The van der Waals surface area contributed by atoms with E-state index >= 15 is 0 Å². The van der Waals surface area contributed by atoms with E-state index in [2.05, 4.69) is 29.2 Å². The first-order valence-electron chi connectivity index (χ1n) is 10.3. The molecule has 0 amide bonds. The molecule has 0 radical (unpaired) electrons. The Bertz CT molecular complexity index is 1130. The van der Waals surface area contributed by atoms with Crippen molar-refractivity contribution in [3.05, 3.63) is 69.1 Å². The van der Waals surface area contributed by atoms with Crippen molar-refractivity contribution in [2.45, 2.75) is 39.3 Å². The maximum Gasteiger partial charge on any atom is 0.336 e. The summed E-state index contributed by atoms with van der Waals surface area (Å²) >= 11 is 0. The number of ether oxygens (including phenoxy) is 2. The molecule has 2 aliphatic rings. The fourth-order valence-corrected chi connectivity index (χ4v) is 4.53.